The van der Waals surface area contributed by atoms with Crippen molar-refractivity contribution in [2.45, 2.75) is 20.4 Å². The molecule has 0 saturated heterocycles. The summed E-state index contributed by atoms with van der Waals surface area (Å²) in [6.45, 7) is 3.65. The summed E-state index contributed by atoms with van der Waals surface area (Å²) in [6, 6.07) is 10.3. The zero-order valence-electron chi connectivity index (χ0n) is 15.6. The molecule has 1 N–H and O–H groups in total. The molecule has 1 atom stereocenters. The minimum absolute atomic E-state index is 0.207. The Morgan fingerprint density at radius 2 is 1.89 bits per heavy atom. The maximum atomic E-state index is 13.1. The number of benzene rings is 1. The molecule has 27 heavy (non-hydrogen) atoms. The lowest BCUT2D eigenvalue weighted by atomic mass is 10.1. The van der Waals surface area contributed by atoms with E-state index in [0.717, 1.165) is 5.56 Å². The standard InChI is InChI=1S/C20H23N3O4/c1-14(20(26)27-3)12-23(13-16-7-9-21-10-8-16)19(25)17-5-4-6-18(11-17)22-15(2)24/h4-11,14H,12-13H2,1-3H3,(H,22,24). The Kier molecular flexibility index (Phi) is 7.05. The average molecular weight is 369 g/mol. The number of pyridine rings is 1. The van der Waals surface area contributed by atoms with E-state index < -0.39 is 5.92 Å². The number of carbonyl (C=O) groups excluding carboxylic acids is 3. The highest BCUT2D eigenvalue weighted by atomic mass is 16.5. The summed E-state index contributed by atoms with van der Waals surface area (Å²) in [4.78, 5) is 41.7. The van der Waals surface area contributed by atoms with E-state index in [1.54, 1.807) is 48.5 Å². The fourth-order valence-electron chi connectivity index (χ4n) is 2.65. The van der Waals surface area contributed by atoms with Crippen molar-refractivity contribution >= 4 is 23.5 Å². The lowest BCUT2D eigenvalue weighted by molar-refractivity contribution is -0.145. The van der Waals surface area contributed by atoms with Crippen LogP contribution in [-0.2, 0) is 20.9 Å². The Balaban J connectivity index is 2.26. The minimum Gasteiger partial charge on any atom is -0.469 e. The Hall–Kier alpha value is -3.22. The first-order valence-electron chi connectivity index (χ1n) is 8.54. The largest absolute Gasteiger partial charge is 0.469 e. The van der Waals surface area contributed by atoms with Gasteiger partial charge >= 0.3 is 5.97 Å². The summed E-state index contributed by atoms with van der Waals surface area (Å²) in [7, 11) is 1.32. The van der Waals surface area contributed by atoms with E-state index in [1.165, 1.54) is 14.0 Å². The van der Waals surface area contributed by atoms with Gasteiger partial charge in [0, 0.05) is 43.7 Å². The lowest BCUT2D eigenvalue weighted by Gasteiger charge is -2.25. The van der Waals surface area contributed by atoms with Crippen molar-refractivity contribution in [3.05, 3.63) is 59.9 Å². The summed E-state index contributed by atoms with van der Waals surface area (Å²) in [5, 5.41) is 2.66. The van der Waals surface area contributed by atoms with Crippen LogP contribution in [0.5, 0.6) is 0 Å². The number of rotatable bonds is 7. The molecule has 2 rings (SSSR count). The maximum absolute atomic E-state index is 13.1. The first-order valence-corrected chi connectivity index (χ1v) is 8.54. The maximum Gasteiger partial charge on any atom is 0.310 e. The molecule has 1 aromatic carbocycles. The van der Waals surface area contributed by atoms with Crippen molar-refractivity contribution in [3.63, 3.8) is 0 Å². The van der Waals surface area contributed by atoms with Gasteiger partial charge in [0.15, 0.2) is 0 Å². The fraction of sp³-hybridized carbons (Fsp3) is 0.300. The average Bonchev–Trinajstić information content (AvgIpc) is 2.66. The molecular weight excluding hydrogens is 346 g/mol. The SMILES string of the molecule is COC(=O)C(C)CN(Cc1ccncc1)C(=O)c1cccc(NC(C)=O)c1. The highest BCUT2D eigenvalue weighted by Crippen LogP contribution is 2.16. The van der Waals surface area contributed by atoms with Crippen LogP contribution in [0.2, 0.25) is 0 Å². The number of carbonyl (C=O) groups is 3. The summed E-state index contributed by atoms with van der Waals surface area (Å²) in [6.07, 6.45) is 3.30. The van der Waals surface area contributed by atoms with Crippen LogP contribution in [0.1, 0.15) is 29.8 Å². The van der Waals surface area contributed by atoms with Crippen molar-refractivity contribution in [3.8, 4) is 0 Å². The van der Waals surface area contributed by atoms with E-state index >= 15 is 0 Å². The third-order valence-electron chi connectivity index (χ3n) is 3.94. The number of aromatic nitrogens is 1. The molecule has 0 aliphatic carbocycles. The highest BCUT2D eigenvalue weighted by molar-refractivity contribution is 5.97. The number of nitrogens with one attached hydrogen (secondary N) is 1. The molecule has 7 nitrogen and oxygen atoms in total. The topological polar surface area (TPSA) is 88.6 Å². The van der Waals surface area contributed by atoms with Crippen LogP contribution in [0.25, 0.3) is 0 Å². The van der Waals surface area contributed by atoms with Gasteiger partial charge in [-0.25, -0.2) is 0 Å². The van der Waals surface area contributed by atoms with Crippen LogP contribution >= 0.6 is 0 Å². The molecule has 1 aromatic heterocycles. The number of amides is 2. The molecule has 0 fully saturated rings. The van der Waals surface area contributed by atoms with Gasteiger partial charge < -0.3 is 15.0 Å². The van der Waals surface area contributed by atoms with E-state index in [0.29, 0.717) is 17.8 Å². The van der Waals surface area contributed by atoms with E-state index in [2.05, 4.69) is 10.3 Å². The van der Waals surface area contributed by atoms with Crippen molar-refractivity contribution < 1.29 is 19.1 Å². The van der Waals surface area contributed by atoms with Gasteiger partial charge in [-0.05, 0) is 35.9 Å². The van der Waals surface area contributed by atoms with Crippen molar-refractivity contribution in [2.75, 3.05) is 19.0 Å². The smallest absolute Gasteiger partial charge is 0.310 e. The zero-order chi connectivity index (χ0) is 19.8. The van der Waals surface area contributed by atoms with Crippen LogP contribution < -0.4 is 5.32 Å². The Morgan fingerprint density at radius 1 is 1.19 bits per heavy atom. The Morgan fingerprint density at radius 3 is 2.52 bits per heavy atom. The number of hydrogen-bond donors (Lipinski definition) is 1. The van der Waals surface area contributed by atoms with Crippen molar-refractivity contribution in [2.24, 2.45) is 5.92 Å². The van der Waals surface area contributed by atoms with Crippen LogP contribution in [0, 0.1) is 5.92 Å². The van der Waals surface area contributed by atoms with Gasteiger partial charge in [0.05, 0.1) is 13.0 Å². The summed E-state index contributed by atoms with van der Waals surface area (Å²) >= 11 is 0. The van der Waals surface area contributed by atoms with E-state index in [1.807, 2.05) is 12.1 Å². The second-order valence-corrected chi connectivity index (χ2v) is 6.23. The predicted molar refractivity (Wildman–Crippen MR) is 101 cm³/mol. The first-order chi connectivity index (χ1) is 12.9. The van der Waals surface area contributed by atoms with Gasteiger partial charge in [-0.3, -0.25) is 19.4 Å². The number of hydrogen-bond acceptors (Lipinski definition) is 5. The Bertz CT molecular complexity index is 808. The number of esters is 1. The van der Waals surface area contributed by atoms with Crippen LogP contribution in [-0.4, -0.2) is 41.3 Å². The molecule has 0 radical (unpaired) electrons. The third kappa shape index (κ3) is 5.91. The van der Waals surface area contributed by atoms with Gasteiger partial charge in [-0.15, -0.1) is 0 Å². The number of nitrogens with zero attached hydrogens (tertiary/aromatic N) is 2. The van der Waals surface area contributed by atoms with Crippen molar-refractivity contribution in [1.82, 2.24) is 9.88 Å². The van der Waals surface area contributed by atoms with Gasteiger partial charge in [-0.2, -0.15) is 0 Å². The van der Waals surface area contributed by atoms with Gasteiger partial charge in [0.2, 0.25) is 5.91 Å². The molecule has 0 bridgehead atoms. The summed E-state index contributed by atoms with van der Waals surface area (Å²) < 4.78 is 4.78. The van der Waals surface area contributed by atoms with Crippen LogP contribution in [0.4, 0.5) is 5.69 Å². The molecule has 7 heteroatoms. The van der Waals surface area contributed by atoms with E-state index in [4.69, 9.17) is 4.74 Å². The molecule has 0 spiro atoms. The summed E-state index contributed by atoms with van der Waals surface area (Å²) in [5.41, 5.74) is 1.86. The molecule has 0 aliphatic rings. The molecule has 2 amide bonds. The van der Waals surface area contributed by atoms with Gasteiger partial charge in [0.25, 0.3) is 5.91 Å². The monoisotopic (exact) mass is 369 g/mol. The van der Waals surface area contributed by atoms with Crippen LogP contribution in [0.15, 0.2) is 48.8 Å². The van der Waals surface area contributed by atoms with Gasteiger partial charge in [-0.1, -0.05) is 13.0 Å². The second-order valence-electron chi connectivity index (χ2n) is 6.23. The molecule has 0 aliphatic heterocycles. The predicted octanol–water partition coefficient (Wildman–Crippen LogP) is 2.49. The summed E-state index contributed by atoms with van der Waals surface area (Å²) in [5.74, 6) is -1.31. The molecular formula is C20H23N3O4. The van der Waals surface area contributed by atoms with Gasteiger partial charge in [0.1, 0.15) is 0 Å². The first kappa shape index (κ1) is 20.1. The second kappa shape index (κ2) is 9.47. The fourth-order valence-corrected chi connectivity index (χ4v) is 2.65. The van der Waals surface area contributed by atoms with Crippen LogP contribution in [0.3, 0.4) is 0 Å². The third-order valence-corrected chi connectivity index (χ3v) is 3.94. The normalized spacial score (nSPS) is 11.4. The lowest BCUT2D eigenvalue weighted by Crippen LogP contribution is -2.37. The van der Waals surface area contributed by atoms with E-state index in [-0.39, 0.29) is 24.3 Å². The molecule has 0 saturated carbocycles. The molecule has 1 unspecified atom stereocenters. The molecule has 142 valence electrons. The quantitative estimate of drug-likeness (QED) is 0.758. The molecule has 2 aromatic rings. The van der Waals surface area contributed by atoms with Crippen molar-refractivity contribution in [1.29, 1.82) is 0 Å². The van der Waals surface area contributed by atoms with E-state index in [9.17, 15) is 14.4 Å². The number of anilines is 1. The minimum atomic E-state index is -0.473. The zero-order valence-corrected chi connectivity index (χ0v) is 15.6. The number of methoxy groups -OCH3 is 1. The molecule has 1 heterocycles. The number of ether oxygens (including phenoxy) is 1. The highest BCUT2D eigenvalue weighted by Gasteiger charge is 2.23. The Labute approximate surface area is 158 Å².